The van der Waals surface area contributed by atoms with E-state index in [9.17, 15) is 30.7 Å². The highest BCUT2D eigenvalue weighted by Crippen LogP contribution is 2.43. The fourth-order valence-corrected chi connectivity index (χ4v) is 7.43. The van der Waals surface area contributed by atoms with Crippen LogP contribution in [0.4, 0.5) is 30.7 Å². The fourth-order valence-electron chi connectivity index (χ4n) is 7.43. The van der Waals surface area contributed by atoms with Crippen LogP contribution in [0.2, 0.25) is 0 Å². The largest absolute Gasteiger partial charge is 0.433 e. The van der Waals surface area contributed by atoms with Gasteiger partial charge in [-0.1, -0.05) is 38.3 Å². The molecule has 0 radical (unpaired) electrons. The van der Waals surface area contributed by atoms with E-state index >= 15 is 0 Å². The van der Waals surface area contributed by atoms with E-state index < -0.39 is 47.8 Å². The second kappa shape index (κ2) is 16.5. The minimum absolute atomic E-state index is 0.0140. The van der Waals surface area contributed by atoms with E-state index in [1.54, 1.807) is 12.1 Å². The minimum atomic E-state index is -3.75. The summed E-state index contributed by atoms with van der Waals surface area (Å²) in [6.07, 6.45) is 1.50. The third-order valence-electron chi connectivity index (χ3n) is 10.4. The van der Waals surface area contributed by atoms with E-state index in [2.05, 4.69) is 11.7 Å². The summed E-state index contributed by atoms with van der Waals surface area (Å²) in [4.78, 5) is 0. The van der Waals surface area contributed by atoms with Crippen molar-refractivity contribution in [2.45, 2.75) is 121 Å². The van der Waals surface area contributed by atoms with Crippen LogP contribution in [-0.4, -0.2) is 31.7 Å². The van der Waals surface area contributed by atoms with Gasteiger partial charge >= 0.3 is 12.2 Å². The molecule has 268 valence electrons. The molecule has 0 unspecified atom stereocenters. The van der Waals surface area contributed by atoms with Gasteiger partial charge < -0.3 is 18.9 Å². The van der Waals surface area contributed by atoms with Crippen molar-refractivity contribution in [1.29, 1.82) is 0 Å². The number of hydrogen-bond acceptors (Lipinski definition) is 4. The Labute approximate surface area is 278 Å². The molecular formula is C37H47F7O4. The van der Waals surface area contributed by atoms with Crippen molar-refractivity contribution >= 4 is 0 Å². The number of unbranched alkanes of at least 4 members (excludes halogenated alkanes) is 2. The first-order valence-electron chi connectivity index (χ1n) is 17.5. The first kappa shape index (κ1) is 36.7. The molecule has 5 rings (SSSR count). The summed E-state index contributed by atoms with van der Waals surface area (Å²) in [6, 6.07) is 7.59. The van der Waals surface area contributed by atoms with Crippen LogP contribution < -0.4 is 9.47 Å². The Morgan fingerprint density at radius 1 is 0.708 bits per heavy atom. The van der Waals surface area contributed by atoms with Crippen molar-refractivity contribution in [3.8, 4) is 11.5 Å². The predicted molar refractivity (Wildman–Crippen MR) is 167 cm³/mol. The van der Waals surface area contributed by atoms with Crippen LogP contribution in [0.25, 0.3) is 0 Å². The van der Waals surface area contributed by atoms with E-state index in [4.69, 9.17) is 14.2 Å². The van der Waals surface area contributed by atoms with Crippen LogP contribution in [0.5, 0.6) is 11.5 Å². The molecule has 1 aliphatic heterocycles. The maximum absolute atomic E-state index is 14.8. The molecule has 4 nitrogen and oxygen atoms in total. The molecule has 0 atom stereocenters. The monoisotopic (exact) mass is 688 g/mol. The third kappa shape index (κ3) is 10.0. The zero-order valence-electron chi connectivity index (χ0n) is 27.5. The Balaban J connectivity index is 1.01. The Kier molecular flexibility index (Phi) is 12.6. The quantitative estimate of drug-likeness (QED) is 0.112. The molecule has 0 spiro atoms. The first-order valence-corrected chi connectivity index (χ1v) is 17.5. The molecule has 3 aliphatic rings. The molecule has 48 heavy (non-hydrogen) atoms. The molecule has 2 aliphatic carbocycles. The molecular weight excluding hydrogens is 641 g/mol. The molecule has 2 aromatic rings. The van der Waals surface area contributed by atoms with Gasteiger partial charge in [-0.25, -0.2) is 13.2 Å². The molecule has 0 aromatic heterocycles. The Bertz CT molecular complexity index is 1260. The third-order valence-corrected chi connectivity index (χ3v) is 10.4. The lowest BCUT2D eigenvalue weighted by Gasteiger charge is -2.37. The molecule has 3 fully saturated rings. The van der Waals surface area contributed by atoms with Gasteiger partial charge in [0.05, 0.1) is 25.6 Å². The number of alkyl halides is 4. The zero-order chi connectivity index (χ0) is 34.3. The molecule has 1 saturated heterocycles. The average Bonchev–Trinajstić information content (AvgIpc) is 3.07. The van der Waals surface area contributed by atoms with E-state index in [1.807, 2.05) is 12.1 Å². The summed E-state index contributed by atoms with van der Waals surface area (Å²) in [5.41, 5.74) is 1.10. The molecule has 11 heteroatoms. The van der Waals surface area contributed by atoms with E-state index in [0.29, 0.717) is 29.9 Å². The van der Waals surface area contributed by atoms with Crippen LogP contribution in [0, 0.1) is 41.1 Å². The Hall–Kier alpha value is -2.53. The van der Waals surface area contributed by atoms with Gasteiger partial charge in [0.15, 0.2) is 23.7 Å². The van der Waals surface area contributed by atoms with E-state index in [1.165, 1.54) is 19.3 Å². The summed E-state index contributed by atoms with van der Waals surface area (Å²) < 4.78 is 121. The number of rotatable bonds is 14. The van der Waals surface area contributed by atoms with Crippen LogP contribution in [0.15, 0.2) is 36.4 Å². The van der Waals surface area contributed by atoms with Gasteiger partial charge in [-0.2, -0.15) is 17.6 Å². The van der Waals surface area contributed by atoms with E-state index in [0.717, 1.165) is 50.9 Å². The molecule has 1 heterocycles. The Morgan fingerprint density at radius 3 is 1.94 bits per heavy atom. The standard InChI is InChI=1S/C37H47F7O4/c1-2-3-4-5-25-22-45-35(46-23-25)28-10-8-26(9-11-28)27-12-16-30(17-13-27)47-36(41,42)19-18-24-6-14-29(15-7-24)37(43,44)48-31-20-32(38)34(40)33(39)21-31/h12-13,16-17,20-21,24-26,28-29,35H,2-11,14-15,18-19,22-23H2,1H3. The normalized spacial score (nSPS) is 27.1. The summed E-state index contributed by atoms with van der Waals surface area (Å²) >= 11 is 0. The Morgan fingerprint density at radius 2 is 1.33 bits per heavy atom. The van der Waals surface area contributed by atoms with Crippen molar-refractivity contribution in [3.05, 3.63) is 59.4 Å². The number of halogens is 7. The van der Waals surface area contributed by atoms with Crippen molar-refractivity contribution < 1.29 is 49.7 Å². The highest BCUT2D eigenvalue weighted by molar-refractivity contribution is 5.30. The average molecular weight is 689 g/mol. The smallest absolute Gasteiger partial charge is 0.400 e. The highest BCUT2D eigenvalue weighted by Gasteiger charge is 2.45. The SMILES string of the molecule is CCCCCC1COC(C2CCC(c3ccc(OC(F)(F)CCC4CCC(C(F)(F)Oc5cc(F)c(F)c(F)c5)CC4)cc3)CC2)OC1. The molecule has 2 saturated carbocycles. The summed E-state index contributed by atoms with van der Waals surface area (Å²) in [5.74, 6) is -6.06. The molecule has 0 N–H and O–H groups in total. The van der Waals surface area contributed by atoms with Crippen molar-refractivity contribution in [3.63, 3.8) is 0 Å². The lowest BCUT2D eigenvalue weighted by molar-refractivity contribution is -0.229. The van der Waals surface area contributed by atoms with Crippen molar-refractivity contribution in [2.24, 2.45) is 23.7 Å². The summed E-state index contributed by atoms with van der Waals surface area (Å²) in [5, 5.41) is 0. The number of ether oxygens (including phenoxy) is 4. The predicted octanol–water partition coefficient (Wildman–Crippen LogP) is 11.2. The van der Waals surface area contributed by atoms with Gasteiger partial charge in [0.2, 0.25) is 0 Å². The second-order valence-corrected chi connectivity index (χ2v) is 13.9. The van der Waals surface area contributed by atoms with Crippen LogP contribution >= 0.6 is 0 Å². The van der Waals surface area contributed by atoms with Gasteiger partial charge in [-0.3, -0.25) is 0 Å². The zero-order valence-corrected chi connectivity index (χ0v) is 27.5. The molecule has 2 aromatic carbocycles. The first-order chi connectivity index (χ1) is 22.9. The van der Waals surface area contributed by atoms with Crippen LogP contribution in [-0.2, 0) is 9.47 Å². The molecule has 0 bridgehead atoms. The van der Waals surface area contributed by atoms with Crippen molar-refractivity contribution in [2.75, 3.05) is 13.2 Å². The van der Waals surface area contributed by atoms with E-state index in [-0.39, 0.29) is 50.1 Å². The maximum Gasteiger partial charge on any atom is 0.400 e. The van der Waals surface area contributed by atoms with Crippen LogP contribution in [0.1, 0.15) is 108 Å². The highest BCUT2D eigenvalue weighted by atomic mass is 19.3. The van der Waals surface area contributed by atoms with Gasteiger partial charge in [0.1, 0.15) is 11.5 Å². The summed E-state index contributed by atoms with van der Waals surface area (Å²) in [6.45, 7) is 3.74. The molecule has 0 amide bonds. The topological polar surface area (TPSA) is 36.9 Å². The minimum Gasteiger partial charge on any atom is -0.433 e. The van der Waals surface area contributed by atoms with Crippen LogP contribution in [0.3, 0.4) is 0 Å². The lowest BCUT2D eigenvalue weighted by atomic mass is 9.78. The summed E-state index contributed by atoms with van der Waals surface area (Å²) in [7, 11) is 0. The van der Waals surface area contributed by atoms with Gasteiger partial charge in [0.25, 0.3) is 0 Å². The lowest BCUT2D eigenvalue weighted by Crippen LogP contribution is -2.38. The maximum atomic E-state index is 14.8. The van der Waals surface area contributed by atoms with Gasteiger partial charge in [0, 0.05) is 24.0 Å². The van der Waals surface area contributed by atoms with Gasteiger partial charge in [-0.15, -0.1) is 0 Å². The number of hydrogen-bond donors (Lipinski definition) is 0. The second-order valence-electron chi connectivity index (χ2n) is 13.9. The van der Waals surface area contributed by atoms with Gasteiger partial charge in [-0.05, 0) is 93.7 Å². The van der Waals surface area contributed by atoms with Crippen molar-refractivity contribution in [1.82, 2.24) is 0 Å². The fraction of sp³-hybridized carbons (Fsp3) is 0.676. The number of benzene rings is 2.